The van der Waals surface area contributed by atoms with Crippen molar-refractivity contribution in [3.8, 4) is 28.0 Å². The van der Waals surface area contributed by atoms with Crippen LogP contribution in [0.25, 0.3) is 22.3 Å². The molecule has 0 saturated heterocycles. The van der Waals surface area contributed by atoms with Crippen LogP contribution in [-0.2, 0) is 5.41 Å². The second-order valence-electron chi connectivity index (χ2n) is 7.18. The largest absolute Gasteiger partial charge is 0.508 e. The van der Waals surface area contributed by atoms with Gasteiger partial charge in [-0.3, -0.25) is 0 Å². The average Bonchev–Trinajstić information content (AvgIpc) is 2.55. The van der Waals surface area contributed by atoms with Crippen molar-refractivity contribution in [1.29, 1.82) is 0 Å². The zero-order chi connectivity index (χ0) is 17.3. The SMILES string of the molecule is CC(C)(C)c1cc(-c2ccc(P)cc2)ccc1-c1ccc(O)cc1. The molecule has 0 fully saturated rings. The van der Waals surface area contributed by atoms with Gasteiger partial charge in [0.25, 0.3) is 0 Å². The Morgan fingerprint density at radius 1 is 0.708 bits per heavy atom. The minimum atomic E-state index is 0.0315. The van der Waals surface area contributed by atoms with Gasteiger partial charge >= 0.3 is 0 Å². The van der Waals surface area contributed by atoms with E-state index in [0.29, 0.717) is 5.75 Å². The molecule has 0 amide bonds. The molecular formula is C22H23OP. The highest BCUT2D eigenvalue weighted by Gasteiger charge is 2.19. The smallest absolute Gasteiger partial charge is 0.115 e. The van der Waals surface area contributed by atoms with Crippen LogP contribution in [0.2, 0.25) is 0 Å². The molecule has 24 heavy (non-hydrogen) atoms. The molecule has 1 N–H and O–H groups in total. The van der Waals surface area contributed by atoms with E-state index in [9.17, 15) is 5.11 Å². The van der Waals surface area contributed by atoms with Crippen LogP contribution in [0.4, 0.5) is 0 Å². The number of phenols is 1. The monoisotopic (exact) mass is 334 g/mol. The zero-order valence-corrected chi connectivity index (χ0v) is 15.5. The number of rotatable bonds is 2. The Morgan fingerprint density at radius 2 is 1.25 bits per heavy atom. The Kier molecular flexibility index (Phi) is 4.47. The Hall–Kier alpha value is -2.11. The summed E-state index contributed by atoms with van der Waals surface area (Å²) in [7, 11) is 2.72. The summed E-state index contributed by atoms with van der Waals surface area (Å²) in [5, 5.41) is 10.7. The maximum atomic E-state index is 9.55. The Labute approximate surface area is 146 Å². The second-order valence-corrected chi connectivity index (χ2v) is 7.85. The van der Waals surface area contributed by atoms with Crippen LogP contribution >= 0.6 is 9.24 Å². The third kappa shape index (κ3) is 3.52. The predicted molar refractivity (Wildman–Crippen MR) is 107 cm³/mol. The van der Waals surface area contributed by atoms with Gasteiger partial charge in [-0.05, 0) is 50.7 Å². The molecule has 122 valence electrons. The highest BCUT2D eigenvalue weighted by atomic mass is 31.0. The number of hydrogen-bond acceptors (Lipinski definition) is 1. The first-order chi connectivity index (χ1) is 11.3. The molecule has 1 nitrogen and oxygen atoms in total. The Bertz CT molecular complexity index is 841. The average molecular weight is 334 g/mol. The van der Waals surface area contributed by atoms with Gasteiger partial charge in [-0.1, -0.05) is 75.4 Å². The third-order valence-corrected chi connectivity index (χ3v) is 4.63. The third-order valence-electron chi connectivity index (χ3n) is 4.25. The van der Waals surface area contributed by atoms with Gasteiger partial charge in [0.05, 0.1) is 0 Å². The van der Waals surface area contributed by atoms with E-state index in [1.54, 1.807) is 12.1 Å². The lowest BCUT2D eigenvalue weighted by atomic mass is 9.80. The molecule has 3 aromatic rings. The molecule has 0 aromatic heterocycles. The molecule has 0 aliphatic carbocycles. The van der Waals surface area contributed by atoms with Crippen LogP contribution < -0.4 is 5.30 Å². The van der Waals surface area contributed by atoms with E-state index in [1.165, 1.54) is 27.6 Å². The van der Waals surface area contributed by atoms with Gasteiger partial charge in [0, 0.05) is 0 Å². The van der Waals surface area contributed by atoms with Gasteiger partial charge in [0.2, 0.25) is 0 Å². The van der Waals surface area contributed by atoms with Gasteiger partial charge in [0.1, 0.15) is 5.75 Å². The molecular weight excluding hydrogens is 311 g/mol. The molecule has 0 aliphatic heterocycles. The highest BCUT2D eigenvalue weighted by Crippen LogP contribution is 2.36. The van der Waals surface area contributed by atoms with Crippen molar-refractivity contribution in [2.75, 3.05) is 0 Å². The summed E-state index contributed by atoms with van der Waals surface area (Å²) in [6.07, 6.45) is 0. The zero-order valence-electron chi connectivity index (χ0n) is 14.4. The van der Waals surface area contributed by atoms with Crippen molar-refractivity contribution < 1.29 is 5.11 Å². The van der Waals surface area contributed by atoms with Crippen LogP contribution in [0.1, 0.15) is 26.3 Å². The Balaban J connectivity index is 2.14. The first-order valence-electron chi connectivity index (χ1n) is 8.14. The predicted octanol–water partition coefficient (Wildman–Crippen LogP) is 5.52. The molecule has 3 rings (SSSR count). The number of benzene rings is 3. The summed E-state index contributed by atoms with van der Waals surface area (Å²) >= 11 is 0. The molecule has 2 heteroatoms. The lowest BCUT2D eigenvalue weighted by molar-refractivity contribution is 0.475. The molecule has 1 unspecified atom stereocenters. The fraction of sp³-hybridized carbons (Fsp3) is 0.182. The van der Waals surface area contributed by atoms with Crippen LogP contribution in [0.15, 0.2) is 66.7 Å². The Morgan fingerprint density at radius 3 is 1.83 bits per heavy atom. The van der Waals surface area contributed by atoms with Gasteiger partial charge in [-0.25, -0.2) is 0 Å². The van der Waals surface area contributed by atoms with Crippen LogP contribution in [0, 0.1) is 0 Å². The molecule has 0 bridgehead atoms. The summed E-state index contributed by atoms with van der Waals surface area (Å²) in [4.78, 5) is 0. The fourth-order valence-corrected chi connectivity index (χ4v) is 3.11. The summed E-state index contributed by atoms with van der Waals surface area (Å²) < 4.78 is 0. The van der Waals surface area contributed by atoms with Crippen LogP contribution in [-0.4, -0.2) is 5.11 Å². The summed E-state index contributed by atoms with van der Waals surface area (Å²) in [6, 6.07) is 22.6. The van der Waals surface area contributed by atoms with Gasteiger partial charge < -0.3 is 5.11 Å². The van der Waals surface area contributed by atoms with Crippen LogP contribution in [0.5, 0.6) is 5.75 Å². The van der Waals surface area contributed by atoms with Crippen molar-refractivity contribution in [3.05, 3.63) is 72.3 Å². The standard InChI is InChI=1S/C22H23OP/c1-22(2,3)21-14-17(15-6-11-19(24)12-7-15)8-13-20(21)16-4-9-18(23)10-5-16/h4-14,23H,24H2,1-3H3. The maximum Gasteiger partial charge on any atom is 0.115 e. The van der Waals surface area contributed by atoms with Gasteiger partial charge in [0.15, 0.2) is 0 Å². The summed E-state index contributed by atoms with van der Waals surface area (Å²) in [5.41, 5.74) is 6.14. The van der Waals surface area contributed by atoms with E-state index >= 15 is 0 Å². The van der Waals surface area contributed by atoms with Crippen molar-refractivity contribution in [2.45, 2.75) is 26.2 Å². The van der Waals surface area contributed by atoms with Gasteiger partial charge in [-0.2, -0.15) is 0 Å². The van der Waals surface area contributed by atoms with Gasteiger partial charge in [-0.15, -0.1) is 9.24 Å². The lowest BCUT2D eigenvalue weighted by Gasteiger charge is -2.24. The lowest BCUT2D eigenvalue weighted by Crippen LogP contribution is -2.13. The van der Waals surface area contributed by atoms with Crippen molar-refractivity contribution in [1.82, 2.24) is 0 Å². The molecule has 0 spiro atoms. The molecule has 1 atom stereocenters. The quantitative estimate of drug-likeness (QED) is 0.611. The molecule has 3 aromatic carbocycles. The van der Waals surface area contributed by atoms with Crippen molar-refractivity contribution in [2.24, 2.45) is 0 Å². The molecule has 0 heterocycles. The minimum Gasteiger partial charge on any atom is -0.508 e. The van der Waals surface area contributed by atoms with Crippen LogP contribution in [0.3, 0.4) is 0 Å². The first kappa shape index (κ1) is 16.7. The minimum absolute atomic E-state index is 0.0315. The number of phenolic OH excluding ortho intramolecular Hbond substituents is 1. The summed E-state index contributed by atoms with van der Waals surface area (Å²) in [6.45, 7) is 6.71. The molecule has 0 aliphatic rings. The second kappa shape index (κ2) is 6.42. The number of hydrogen-bond donors (Lipinski definition) is 1. The van der Waals surface area contributed by atoms with E-state index in [0.717, 1.165) is 5.56 Å². The van der Waals surface area contributed by atoms with Crippen molar-refractivity contribution >= 4 is 14.5 Å². The van der Waals surface area contributed by atoms with Crippen molar-refractivity contribution in [3.63, 3.8) is 0 Å². The number of aromatic hydroxyl groups is 1. The topological polar surface area (TPSA) is 20.2 Å². The fourth-order valence-electron chi connectivity index (χ4n) is 2.91. The molecule has 0 radical (unpaired) electrons. The summed E-state index contributed by atoms with van der Waals surface area (Å²) in [5.74, 6) is 0.296. The highest BCUT2D eigenvalue weighted by molar-refractivity contribution is 7.27. The van der Waals surface area contributed by atoms with E-state index in [4.69, 9.17) is 0 Å². The van der Waals surface area contributed by atoms with E-state index in [2.05, 4.69) is 72.5 Å². The first-order valence-corrected chi connectivity index (χ1v) is 8.72. The molecule has 0 saturated carbocycles. The maximum absolute atomic E-state index is 9.55. The van der Waals surface area contributed by atoms with E-state index in [1.807, 2.05) is 12.1 Å². The van der Waals surface area contributed by atoms with E-state index in [-0.39, 0.29) is 5.41 Å². The van der Waals surface area contributed by atoms with E-state index < -0.39 is 0 Å². The normalized spacial score (nSPS) is 11.5.